The van der Waals surface area contributed by atoms with Gasteiger partial charge in [0.2, 0.25) is 0 Å². The summed E-state index contributed by atoms with van der Waals surface area (Å²) in [6.45, 7) is 16.4. The Hall–Kier alpha value is 0.137. The van der Waals surface area contributed by atoms with Crippen molar-refractivity contribution in [2.75, 3.05) is 6.61 Å². The van der Waals surface area contributed by atoms with Crippen molar-refractivity contribution in [2.45, 2.75) is 78.1 Å². The third-order valence-corrected chi connectivity index (χ3v) is 8.56. The van der Waals surface area contributed by atoms with Crippen molar-refractivity contribution in [2.24, 2.45) is 5.92 Å². The maximum Gasteiger partial charge on any atom is 0.191 e. The summed E-state index contributed by atoms with van der Waals surface area (Å²) >= 11 is 0. The van der Waals surface area contributed by atoms with E-state index in [1.165, 1.54) is 0 Å². The highest BCUT2D eigenvalue weighted by Gasteiger charge is 2.37. The Morgan fingerprint density at radius 3 is 2.06 bits per heavy atom. The van der Waals surface area contributed by atoms with Gasteiger partial charge in [0.15, 0.2) is 8.32 Å². The highest BCUT2D eigenvalue weighted by atomic mass is 28.4. The molecule has 17 heavy (non-hydrogen) atoms. The van der Waals surface area contributed by atoms with Crippen molar-refractivity contribution in [3.05, 3.63) is 0 Å². The van der Waals surface area contributed by atoms with E-state index in [1.54, 1.807) is 0 Å². The summed E-state index contributed by atoms with van der Waals surface area (Å²) in [7, 11) is -1.60. The molecule has 0 aliphatic carbocycles. The zero-order valence-corrected chi connectivity index (χ0v) is 13.8. The number of aliphatic hydroxyl groups is 1. The minimum Gasteiger partial charge on any atom is -0.417 e. The molecule has 104 valence electrons. The Kier molecular flexibility index (Phi) is 6.96. The molecule has 2 unspecified atom stereocenters. The Morgan fingerprint density at radius 2 is 1.71 bits per heavy atom. The Morgan fingerprint density at radius 1 is 1.18 bits per heavy atom. The van der Waals surface area contributed by atoms with Crippen molar-refractivity contribution < 1.29 is 9.53 Å². The van der Waals surface area contributed by atoms with Gasteiger partial charge in [0.05, 0.1) is 6.10 Å². The average Bonchev–Trinajstić information content (AvgIpc) is 2.15. The highest BCUT2D eigenvalue weighted by Crippen LogP contribution is 2.37. The monoisotopic (exact) mass is 260 g/mol. The van der Waals surface area contributed by atoms with Crippen LogP contribution in [0.3, 0.4) is 0 Å². The molecular formula is C14H32O2Si. The minimum atomic E-state index is -1.60. The van der Waals surface area contributed by atoms with E-state index in [2.05, 4.69) is 40.8 Å². The summed E-state index contributed by atoms with van der Waals surface area (Å²) in [5, 5.41) is 9.61. The van der Waals surface area contributed by atoms with E-state index in [-0.39, 0.29) is 11.1 Å². The lowest BCUT2D eigenvalue weighted by molar-refractivity contribution is 0.155. The largest absolute Gasteiger partial charge is 0.417 e. The van der Waals surface area contributed by atoms with Crippen LogP contribution in [0.1, 0.15) is 53.9 Å². The van der Waals surface area contributed by atoms with Gasteiger partial charge in [-0.3, -0.25) is 0 Å². The molecule has 0 bridgehead atoms. The molecule has 0 rings (SSSR count). The molecule has 0 spiro atoms. The highest BCUT2D eigenvalue weighted by molar-refractivity contribution is 6.74. The lowest BCUT2D eigenvalue weighted by Gasteiger charge is -2.37. The topological polar surface area (TPSA) is 29.5 Å². The molecule has 3 heteroatoms. The molecule has 0 heterocycles. The van der Waals surface area contributed by atoms with E-state index in [0.717, 1.165) is 25.9 Å². The first kappa shape index (κ1) is 17.1. The number of hydrogen-bond acceptors (Lipinski definition) is 2. The molecule has 0 saturated carbocycles. The fourth-order valence-corrected chi connectivity index (χ4v) is 2.51. The van der Waals surface area contributed by atoms with Gasteiger partial charge in [-0.15, -0.1) is 0 Å². The second-order valence-electron chi connectivity index (χ2n) is 6.77. The SMILES string of the molecule is CCC(CCC(C)O)CO[Si](C)(C)C(C)(C)C. The molecular weight excluding hydrogens is 228 g/mol. The summed E-state index contributed by atoms with van der Waals surface area (Å²) in [6, 6.07) is 0. The van der Waals surface area contributed by atoms with Crippen LogP contribution in [0.25, 0.3) is 0 Å². The van der Waals surface area contributed by atoms with Gasteiger partial charge in [-0.1, -0.05) is 34.1 Å². The fraction of sp³-hybridized carbons (Fsp3) is 1.00. The van der Waals surface area contributed by atoms with Gasteiger partial charge >= 0.3 is 0 Å². The zero-order valence-electron chi connectivity index (χ0n) is 12.8. The molecule has 0 fully saturated rings. The molecule has 0 aliphatic rings. The third kappa shape index (κ3) is 6.58. The molecule has 0 aliphatic heterocycles. The third-order valence-electron chi connectivity index (χ3n) is 4.06. The van der Waals surface area contributed by atoms with Crippen molar-refractivity contribution in [3.63, 3.8) is 0 Å². The Balaban J connectivity index is 4.14. The summed E-state index contributed by atoms with van der Waals surface area (Å²) in [5.74, 6) is 0.596. The molecule has 1 N–H and O–H groups in total. The maximum absolute atomic E-state index is 9.32. The van der Waals surface area contributed by atoms with E-state index in [4.69, 9.17) is 4.43 Å². The first-order valence-electron chi connectivity index (χ1n) is 6.92. The lowest BCUT2D eigenvalue weighted by atomic mass is 10.00. The van der Waals surface area contributed by atoms with Crippen LogP contribution in [0.5, 0.6) is 0 Å². The molecule has 0 aromatic rings. The van der Waals surface area contributed by atoms with Crippen LogP contribution in [0, 0.1) is 5.92 Å². The first-order valence-corrected chi connectivity index (χ1v) is 9.83. The fourth-order valence-electron chi connectivity index (χ4n) is 1.42. The van der Waals surface area contributed by atoms with Crippen LogP contribution in [0.4, 0.5) is 0 Å². The van der Waals surface area contributed by atoms with Crippen LogP contribution in [-0.4, -0.2) is 26.1 Å². The van der Waals surface area contributed by atoms with Crippen LogP contribution in [-0.2, 0) is 4.43 Å². The Labute approximate surface area is 109 Å². The molecule has 0 saturated heterocycles. The summed E-state index contributed by atoms with van der Waals surface area (Å²) in [5.41, 5.74) is 0. The smallest absolute Gasteiger partial charge is 0.191 e. The molecule has 2 atom stereocenters. The van der Waals surface area contributed by atoms with Crippen molar-refractivity contribution >= 4 is 8.32 Å². The van der Waals surface area contributed by atoms with Gasteiger partial charge in [-0.25, -0.2) is 0 Å². The van der Waals surface area contributed by atoms with Crippen molar-refractivity contribution in [3.8, 4) is 0 Å². The second-order valence-corrected chi connectivity index (χ2v) is 11.6. The summed E-state index contributed by atoms with van der Waals surface area (Å²) in [6.07, 6.45) is 2.92. The number of rotatable bonds is 7. The van der Waals surface area contributed by atoms with Crippen LogP contribution < -0.4 is 0 Å². The van der Waals surface area contributed by atoms with Gasteiger partial charge in [0.25, 0.3) is 0 Å². The van der Waals surface area contributed by atoms with E-state index < -0.39 is 8.32 Å². The summed E-state index contributed by atoms with van der Waals surface area (Å²) in [4.78, 5) is 0. The first-order chi connectivity index (χ1) is 7.60. The van der Waals surface area contributed by atoms with Gasteiger partial charge in [0.1, 0.15) is 0 Å². The van der Waals surface area contributed by atoms with E-state index in [1.807, 2.05) is 6.92 Å². The lowest BCUT2D eigenvalue weighted by Crippen LogP contribution is -2.42. The molecule has 2 nitrogen and oxygen atoms in total. The van der Waals surface area contributed by atoms with Gasteiger partial charge in [-0.05, 0) is 43.8 Å². The standard InChI is InChI=1S/C14H32O2Si/c1-8-13(10-9-12(2)15)11-16-17(6,7)14(3,4)5/h12-13,15H,8-11H2,1-7H3. The minimum absolute atomic E-state index is 0.183. The van der Waals surface area contributed by atoms with Crippen LogP contribution in [0.2, 0.25) is 18.1 Å². The van der Waals surface area contributed by atoms with Crippen LogP contribution in [0.15, 0.2) is 0 Å². The Bertz CT molecular complexity index is 207. The van der Waals surface area contributed by atoms with E-state index >= 15 is 0 Å². The quantitative estimate of drug-likeness (QED) is 0.695. The summed E-state index contributed by atoms with van der Waals surface area (Å²) < 4.78 is 6.24. The molecule has 0 aromatic heterocycles. The van der Waals surface area contributed by atoms with Crippen molar-refractivity contribution in [1.82, 2.24) is 0 Å². The van der Waals surface area contributed by atoms with E-state index in [9.17, 15) is 5.11 Å². The van der Waals surface area contributed by atoms with E-state index in [0.29, 0.717) is 5.92 Å². The molecule has 0 aromatic carbocycles. The van der Waals surface area contributed by atoms with Crippen molar-refractivity contribution in [1.29, 1.82) is 0 Å². The predicted octanol–water partition coefficient (Wildman–Crippen LogP) is 4.20. The maximum atomic E-state index is 9.32. The second kappa shape index (κ2) is 6.91. The molecule has 0 radical (unpaired) electrons. The van der Waals surface area contributed by atoms with Gasteiger partial charge in [0, 0.05) is 6.61 Å². The van der Waals surface area contributed by atoms with Crippen LogP contribution >= 0.6 is 0 Å². The normalized spacial score (nSPS) is 16.9. The molecule has 0 amide bonds. The average molecular weight is 260 g/mol. The number of hydrogen-bond donors (Lipinski definition) is 1. The zero-order chi connectivity index (χ0) is 13.7. The van der Waals surface area contributed by atoms with Gasteiger partial charge < -0.3 is 9.53 Å². The van der Waals surface area contributed by atoms with Gasteiger partial charge in [-0.2, -0.15) is 0 Å². The number of aliphatic hydroxyl groups excluding tert-OH is 1. The predicted molar refractivity (Wildman–Crippen MR) is 77.8 cm³/mol.